The Morgan fingerprint density at radius 1 is 1.42 bits per heavy atom. The van der Waals surface area contributed by atoms with Gasteiger partial charge in [0, 0.05) is 20.1 Å². The summed E-state index contributed by atoms with van der Waals surface area (Å²) in [6.45, 7) is 2.12. The number of rotatable bonds is 2. The van der Waals surface area contributed by atoms with Crippen LogP contribution < -0.4 is 5.32 Å². The molecular formula is C13H20N2O4. The lowest BCUT2D eigenvalue weighted by molar-refractivity contribution is -0.142. The molecule has 0 aromatic carbocycles. The lowest BCUT2D eigenvalue weighted by Crippen LogP contribution is -2.34. The number of nitrogens with one attached hydrogen (secondary N) is 1. The van der Waals surface area contributed by atoms with Crippen molar-refractivity contribution in [2.75, 3.05) is 26.7 Å². The predicted octanol–water partition coefficient (Wildman–Crippen LogP) is 0.527. The monoisotopic (exact) mass is 268 g/mol. The Labute approximate surface area is 112 Å². The number of carbonyl (C=O) groups is 2. The van der Waals surface area contributed by atoms with E-state index < -0.39 is 11.9 Å². The summed E-state index contributed by atoms with van der Waals surface area (Å²) in [6.07, 6.45) is 7.01. The third kappa shape index (κ3) is 5.56. The van der Waals surface area contributed by atoms with Gasteiger partial charge in [-0.3, -0.25) is 4.79 Å². The molecule has 1 fully saturated rings. The van der Waals surface area contributed by atoms with Crippen LogP contribution in [0.4, 0.5) is 0 Å². The van der Waals surface area contributed by atoms with Crippen LogP contribution in [0, 0.1) is 5.92 Å². The van der Waals surface area contributed by atoms with Gasteiger partial charge in [-0.2, -0.15) is 0 Å². The highest BCUT2D eigenvalue weighted by Crippen LogP contribution is 2.08. The lowest BCUT2D eigenvalue weighted by Gasteiger charge is -2.18. The summed E-state index contributed by atoms with van der Waals surface area (Å²) >= 11 is 0. The van der Waals surface area contributed by atoms with Crippen molar-refractivity contribution in [1.82, 2.24) is 10.2 Å². The molecule has 0 saturated carbocycles. The second kappa shape index (κ2) is 7.58. The summed E-state index contributed by atoms with van der Waals surface area (Å²) in [4.78, 5) is 22.5. The van der Waals surface area contributed by atoms with Gasteiger partial charge in [0.15, 0.2) is 0 Å². The molecule has 2 rings (SSSR count). The molecule has 0 amide bonds. The number of hydrogen-bond acceptors (Lipinski definition) is 4. The first-order chi connectivity index (χ1) is 9.00. The van der Waals surface area contributed by atoms with E-state index in [0.29, 0.717) is 18.7 Å². The van der Waals surface area contributed by atoms with Crippen molar-refractivity contribution < 1.29 is 19.8 Å². The maximum Gasteiger partial charge on any atom is 0.333 e. The van der Waals surface area contributed by atoms with Crippen molar-refractivity contribution in [3.8, 4) is 0 Å². The molecule has 106 valence electrons. The van der Waals surface area contributed by atoms with Gasteiger partial charge in [0.05, 0.1) is 11.5 Å². The molecule has 2 heterocycles. The van der Waals surface area contributed by atoms with Gasteiger partial charge in [0.2, 0.25) is 0 Å². The van der Waals surface area contributed by atoms with E-state index in [1.54, 1.807) is 12.2 Å². The fourth-order valence-electron chi connectivity index (χ4n) is 1.88. The van der Waals surface area contributed by atoms with Crippen molar-refractivity contribution >= 4 is 11.9 Å². The highest BCUT2D eigenvalue weighted by atomic mass is 16.4. The van der Waals surface area contributed by atoms with Crippen LogP contribution in [0.2, 0.25) is 0 Å². The molecule has 19 heavy (non-hydrogen) atoms. The van der Waals surface area contributed by atoms with Gasteiger partial charge in [0.1, 0.15) is 0 Å². The molecule has 2 aliphatic heterocycles. The van der Waals surface area contributed by atoms with Gasteiger partial charge in [-0.1, -0.05) is 0 Å². The van der Waals surface area contributed by atoms with Gasteiger partial charge in [-0.05, 0) is 37.7 Å². The number of allylic oxidation sites excluding steroid dienone is 2. The topological polar surface area (TPSA) is 89.9 Å². The average Bonchev–Trinajstić information content (AvgIpc) is 2.40. The minimum absolute atomic E-state index is 0.140. The third-order valence-corrected chi connectivity index (χ3v) is 2.98. The van der Waals surface area contributed by atoms with Crippen LogP contribution in [0.15, 0.2) is 23.9 Å². The summed E-state index contributed by atoms with van der Waals surface area (Å²) in [5.41, 5.74) is 0.435. The molecule has 1 atom stereocenters. The van der Waals surface area contributed by atoms with Crippen LogP contribution in [0.25, 0.3) is 0 Å². The number of nitrogens with zero attached hydrogens (tertiary/aromatic N) is 1. The van der Waals surface area contributed by atoms with Gasteiger partial charge < -0.3 is 20.4 Å². The van der Waals surface area contributed by atoms with Crippen molar-refractivity contribution in [3.63, 3.8) is 0 Å². The van der Waals surface area contributed by atoms with Crippen LogP contribution in [0.3, 0.4) is 0 Å². The molecule has 6 heteroatoms. The zero-order valence-electron chi connectivity index (χ0n) is 11.0. The van der Waals surface area contributed by atoms with Crippen LogP contribution in [-0.4, -0.2) is 53.7 Å². The van der Waals surface area contributed by atoms with E-state index in [0.717, 1.165) is 19.4 Å². The summed E-state index contributed by atoms with van der Waals surface area (Å²) in [7, 11) is 1.84. The van der Waals surface area contributed by atoms with Crippen LogP contribution >= 0.6 is 0 Å². The summed E-state index contributed by atoms with van der Waals surface area (Å²) in [5, 5.41) is 20.1. The minimum Gasteiger partial charge on any atom is -0.481 e. The van der Waals surface area contributed by atoms with Gasteiger partial charge in [-0.25, -0.2) is 4.79 Å². The zero-order valence-corrected chi connectivity index (χ0v) is 11.0. The average molecular weight is 268 g/mol. The Hall–Kier alpha value is -1.82. The first-order valence-corrected chi connectivity index (χ1v) is 6.25. The number of carboxylic acids is 2. The fourth-order valence-corrected chi connectivity index (χ4v) is 1.88. The van der Waals surface area contributed by atoms with Gasteiger partial charge in [-0.15, -0.1) is 0 Å². The third-order valence-electron chi connectivity index (χ3n) is 2.98. The number of hydrogen-bond donors (Lipinski definition) is 3. The smallest absolute Gasteiger partial charge is 0.333 e. The molecule has 0 radical (unpaired) electrons. The van der Waals surface area contributed by atoms with Gasteiger partial charge in [0.25, 0.3) is 0 Å². The largest absolute Gasteiger partial charge is 0.481 e. The van der Waals surface area contributed by atoms with Crippen LogP contribution in [0.5, 0.6) is 0 Å². The molecule has 0 aromatic rings. The van der Waals surface area contributed by atoms with E-state index in [1.807, 2.05) is 18.1 Å². The SMILES string of the molecule is CN1C=CC=C(C(=O)O)C1.O=C(O)C1CCCNC1. The fraction of sp³-hybridized carbons (Fsp3) is 0.538. The Balaban J connectivity index is 0.000000191. The van der Waals surface area contributed by atoms with Crippen molar-refractivity contribution in [2.45, 2.75) is 12.8 Å². The Kier molecular flexibility index (Phi) is 6.08. The first kappa shape index (κ1) is 15.2. The van der Waals surface area contributed by atoms with Crippen LogP contribution in [0.1, 0.15) is 12.8 Å². The molecule has 0 bridgehead atoms. The second-order valence-corrected chi connectivity index (χ2v) is 4.64. The van der Waals surface area contributed by atoms with Crippen molar-refractivity contribution in [3.05, 3.63) is 23.9 Å². The van der Waals surface area contributed by atoms with E-state index in [1.165, 1.54) is 0 Å². The minimum atomic E-state index is -0.837. The molecule has 3 N–H and O–H groups in total. The van der Waals surface area contributed by atoms with E-state index in [9.17, 15) is 9.59 Å². The highest BCUT2D eigenvalue weighted by Gasteiger charge is 2.18. The summed E-state index contributed by atoms with van der Waals surface area (Å²) in [6, 6.07) is 0. The van der Waals surface area contributed by atoms with Crippen molar-refractivity contribution in [2.24, 2.45) is 5.92 Å². The summed E-state index contributed by atoms with van der Waals surface area (Å²) < 4.78 is 0. The summed E-state index contributed by atoms with van der Waals surface area (Å²) in [5.74, 6) is -1.64. The normalized spacial score (nSPS) is 22.1. The standard InChI is InChI=1S/C7H9NO2.C6H11NO2/c1-8-4-2-3-6(5-8)7(9)10;8-6(9)5-2-1-3-7-4-5/h2-4H,5H2,1H3,(H,9,10);5,7H,1-4H2,(H,8,9). The molecule has 6 nitrogen and oxygen atoms in total. The second-order valence-electron chi connectivity index (χ2n) is 4.64. The van der Waals surface area contributed by atoms with E-state index in [2.05, 4.69) is 5.32 Å². The molecule has 0 aromatic heterocycles. The molecule has 1 saturated heterocycles. The zero-order chi connectivity index (χ0) is 14.3. The molecule has 2 aliphatic rings. The maximum atomic E-state index is 10.4. The van der Waals surface area contributed by atoms with Gasteiger partial charge >= 0.3 is 11.9 Å². The molecular weight excluding hydrogens is 248 g/mol. The maximum absolute atomic E-state index is 10.4. The molecule has 0 spiro atoms. The lowest BCUT2D eigenvalue weighted by atomic mass is 10.0. The Morgan fingerprint density at radius 3 is 2.53 bits per heavy atom. The van der Waals surface area contributed by atoms with E-state index in [-0.39, 0.29) is 5.92 Å². The predicted molar refractivity (Wildman–Crippen MR) is 70.7 cm³/mol. The molecule has 1 unspecified atom stereocenters. The quantitative estimate of drug-likeness (QED) is 0.677. The number of piperidine rings is 1. The molecule has 0 aliphatic carbocycles. The number of carboxylic acid groups (broad SMARTS) is 2. The number of likely N-dealkylation sites (N-methyl/N-ethyl adjacent to an activating group) is 1. The first-order valence-electron chi connectivity index (χ1n) is 6.25. The Morgan fingerprint density at radius 2 is 2.16 bits per heavy atom. The Bertz CT molecular complexity index is 384. The highest BCUT2D eigenvalue weighted by molar-refractivity contribution is 5.87. The van der Waals surface area contributed by atoms with Crippen molar-refractivity contribution in [1.29, 1.82) is 0 Å². The van der Waals surface area contributed by atoms with E-state index in [4.69, 9.17) is 10.2 Å². The number of aliphatic carboxylic acids is 2. The van der Waals surface area contributed by atoms with E-state index >= 15 is 0 Å². The van der Waals surface area contributed by atoms with Crippen LogP contribution in [-0.2, 0) is 9.59 Å².